The van der Waals surface area contributed by atoms with E-state index >= 15 is 0 Å². The van der Waals surface area contributed by atoms with Crippen molar-refractivity contribution < 1.29 is 19.2 Å². The van der Waals surface area contributed by atoms with Gasteiger partial charge in [-0.1, -0.05) is 0 Å². The van der Waals surface area contributed by atoms with E-state index in [9.17, 15) is 19.3 Å². The number of carbonyl (C=O) groups is 1. The molecule has 80 valence electrons. The Morgan fingerprint density at radius 1 is 1.60 bits per heavy atom. The van der Waals surface area contributed by atoms with E-state index in [-0.39, 0.29) is 0 Å². The van der Waals surface area contributed by atoms with Gasteiger partial charge in [-0.3, -0.25) is 14.9 Å². The number of carboxylic acid groups (broad SMARTS) is 1. The molecule has 1 rings (SSSR count). The standard InChI is InChI=1S/C8H7FN2O4/c9-6-2-1-4(11(14)15)3-5(6)7(10)8(12)13/h1-3,7H,10H2,(H,12,13)/t7-/m0/s1. The zero-order valence-electron chi connectivity index (χ0n) is 7.38. The van der Waals surface area contributed by atoms with Crippen LogP contribution in [-0.4, -0.2) is 16.0 Å². The summed E-state index contributed by atoms with van der Waals surface area (Å²) in [5.74, 6) is -2.33. The number of nitrogens with two attached hydrogens (primary N) is 1. The van der Waals surface area contributed by atoms with Crippen molar-refractivity contribution in [1.29, 1.82) is 0 Å². The van der Waals surface area contributed by atoms with Crippen molar-refractivity contribution >= 4 is 11.7 Å². The molecule has 0 saturated carbocycles. The number of hydrogen-bond donors (Lipinski definition) is 2. The maximum Gasteiger partial charge on any atom is 0.325 e. The van der Waals surface area contributed by atoms with E-state index in [1.807, 2.05) is 0 Å². The fourth-order valence-electron chi connectivity index (χ4n) is 1.02. The third kappa shape index (κ3) is 2.26. The molecule has 0 aliphatic carbocycles. The first-order valence-corrected chi connectivity index (χ1v) is 3.85. The summed E-state index contributed by atoms with van der Waals surface area (Å²) >= 11 is 0. The van der Waals surface area contributed by atoms with E-state index < -0.39 is 34.0 Å². The van der Waals surface area contributed by atoms with Gasteiger partial charge in [-0.05, 0) is 6.07 Å². The monoisotopic (exact) mass is 214 g/mol. The second-order valence-electron chi connectivity index (χ2n) is 2.78. The SMILES string of the molecule is N[C@H](C(=O)O)c1cc([N+](=O)[O-])ccc1F. The van der Waals surface area contributed by atoms with E-state index in [1.165, 1.54) is 0 Å². The molecule has 0 aromatic heterocycles. The molecule has 1 aromatic rings. The van der Waals surface area contributed by atoms with Crippen LogP contribution in [0.2, 0.25) is 0 Å². The lowest BCUT2D eigenvalue weighted by Gasteiger charge is -2.07. The van der Waals surface area contributed by atoms with Gasteiger partial charge in [0.2, 0.25) is 0 Å². The van der Waals surface area contributed by atoms with Gasteiger partial charge in [0.05, 0.1) is 4.92 Å². The van der Waals surface area contributed by atoms with Crippen LogP contribution in [0.15, 0.2) is 18.2 Å². The Balaban J connectivity index is 3.22. The lowest BCUT2D eigenvalue weighted by Crippen LogP contribution is -2.21. The van der Waals surface area contributed by atoms with Gasteiger partial charge in [-0.25, -0.2) is 4.39 Å². The summed E-state index contributed by atoms with van der Waals surface area (Å²) in [4.78, 5) is 20.1. The molecule has 15 heavy (non-hydrogen) atoms. The number of nitro groups is 1. The van der Waals surface area contributed by atoms with E-state index in [1.54, 1.807) is 0 Å². The summed E-state index contributed by atoms with van der Waals surface area (Å²) in [5, 5.41) is 18.9. The van der Waals surface area contributed by atoms with Crippen LogP contribution in [0.25, 0.3) is 0 Å². The highest BCUT2D eigenvalue weighted by Gasteiger charge is 2.21. The Labute approximate surface area is 83.3 Å². The minimum absolute atomic E-state index is 0.400. The smallest absolute Gasteiger partial charge is 0.325 e. The van der Waals surface area contributed by atoms with Crippen LogP contribution in [0.3, 0.4) is 0 Å². The second kappa shape index (κ2) is 4.01. The lowest BCUT2D eigenvalue weighted by molar-refractivity contribution is -0.385. The van der Waals surface area contributed by atoms with Gasteiger partial charge in [0.25, 0.3) is 5.69 Å². The first-order valence-electron chi connectivity index (χ1n) is 3.85. The van der Waals surface area contributed by atoms with Crippen molar-refractivity contribution in [2.24, 2.45) is 5.73 Å². The van der Waals surface area contributed by atoms with Crippen LogP contribution in [0.1, 0.15) is 11.6 Å². The highest BCUT2D eigenvalue weighted by atomic mass is 19.1. The van der Waals surface area contributed by atoms with Gasteiger partial charge >= 0.3 is 5.97 Å². The normalized spacial score (nSPS) is 12.1. The molecule has 0 aliphatic rings. The highest BCUT2D eigenvalue weighted by molar-refractivity contribution is 5.75. The van der Waals surface area contributed by atoms with Crippen molar-refractivity contribution in [3.05, 3.63) is 39.7 Å². The second-order valence-corrected chi connectivity index (χ2v) is 2.78. The predicted molar refractivity (Wildman–Crippen MR) is 47.6 cm³/mol. The Bertz CT molecular complexity index is 421. The maximum absolute atomic E-state index is 13.1. The van der Waals surface area contributed by atoms with Crippen molar-refractivity contribution in [1.82, 2.24) is 0 Å². The molecule has 6 nitrogen and oxygen atoms in total. The quantitative estimate of drug-likeness (QED) is 0.572. The van der Waals surface area contributed by atoms with Crippen LogP contribution in [0.5, 0.6) is 0 Å². The van der Waals surface area contributed by atoms with Crippen LogP contribution in [-0.2, 0) is 4.79 Å². The molecule has 0 unspecified atom stereocenters. The van der Waals surface area contributed by atoms with Gasteiger partial charge in [0, 0.05) is 17.7 Å². The molecule has 3 N–H and O–H groups in total. The fraction of sp³-hybridized carbons (Fsp3) is 0.125. The summed E-state index contributed by atoms with van der Waals surface area (Å²) in [5.41, 5.74) is 4.34. The third-order valence-electron chi connectivity index (χ3n) is 1.79. The maximum atomic E-state index is 13.1. The summed E-state index contributed by atoms with van der Waals surface area (Å²) < 4.78 is 13.1. The number of hydrogen-bond acceptors (Lipinski definition) is 4. The molecule has 0 bridgehead atoms. The molecule has 0 heterocycles. The molecule has 0 radical (unpaired) electrons. The number of rotatable bonds is 3. The number of benzene rings is 1. The number of aliphatic carboxylic acids is 1. The first kappa shape index (κ1) is 11.1. The Morgan fingerprint density at radius 3 is 2.67 bits per heavy atom. The Morgan fingerprint density at radius 2 is 2.20 bits per heavy atom. The third-order valence-corrected chi connectivity index (χ3v) is 1.79. The lowest BCUT2D eigenvalue weighted by atomic mass is 10.1. The fourth-order valence-corrected chi connectivity index (χ4v) is 1.02. The number of non-ortho nitro benzene ring substituents is 1. The van der Waals surface area contributed by atoms with Crippen molar-refractivity contribution in [3.8, 4) is 0 Å². The van der Waals surface area contributed by atoms with Gasteiger partial charge in [-0.15, -0.1) is 0 Å². The molecule has 0 spiro atoms. The molecule has 0 fully saturated rings. The average Bonchev–Trinajstić information content (AvgIpc) is 2.16. The topological polar surface area (TPSA) is 106 Å². The Hall–Kier alpha value is -2.02. The van der Waals surface area contributed by atoms with Crippen molar-refractivity contribution in [2.45, 2.75) is 6.04 Å². The Kier molecular flexibility index (Phi) is 2.96. The van der Waals surface area contributed by atoms with Crippen LogP contribution >= 0.6 is 0 Å². The van der Waals surface area contributed by atoms with Gasteiger partial charge in [0.1, 0.15) is 11.9 Å². The van der Waals surface area contributed by atoms with E-state index in [0.717, 1.165) is 18.2 Å². The molecule has 0 amide bonds. The van der Waals surface area contributed by atoms with Gasteiger partial charge in [0.15, 0.2) is 0 Å². The number of nitrogens with zero attached hydrogens (tertiary/aromatic N) is 1. The molecule has 7 heteroatoms. The molecular formula is C8H7FN2O4. The summed E-state index contributed by atoms with van der Waals surface area (Å²) in [7, 11) is 0. The van der Waals surface area contributed by atoms with E-state index in [0.29, 0.717) is 0 Å². The van der Waals surface area contributed by atoms with E-state index in [2.05, 4.69) is 0 Å². The molecule has 1 aromatic carbocycles. The molecule has 0 aliphatic heterocycles. The summed E-state index contributed by atoms with van der Waals surface area (Å²) in [6.45, 7) is 0. The first-order chi connectivity index (χ1) is 6.93. The largest absolute Gasteiger partial charge is 0.480 e. The average molecular weight is 214 g/mol. The van der Waals surface area contributed by atoms with Crippen LogP contribution in [0.4, 0.5) is 10.1 Å². The minimum Gasteiger partial charge on any atom is -0.480 e. The van der Waals surface area contributed by atoms with Crippen molar-refractivity contribution in [3.63, 3.8) is 0 Å². The number of halogens is 1. The number of nitro benzene ring substituents is 1. The van der Waals surface area contributed by atoms with Gasteiger partial charge in [-0.2, -0.15) is 0 Å². The zero-order chi connectivity index (χ0) is 11.6. The molecule has 1 atom stereocenters. The van der Waals surface area contributed by atoms with Gasteiger partial charge < -0.3 is 10.8 Å². The minimum atomic E-state index is -1.61. The highest BCUT2D eigenvalue weighted by Crippen LogP contribution is 2.21. The van der Waals surface area contributed by atoms with Crippen LogP contribution < -0.4 is 5.73 Å². The summed E-state index contributed by atoms with van der Waals surface area (Å²) in [6.07, 6.45) is 0. The molecule has 0 saturated heterocycles. The molecular weight excluding hydrogens is 207 g/mol. The zero-order valence-corrected chi connectivity index (χ0v) is 7.38. The number of carboxylic acids is 1. The van der Waals surface area contributed by atoms with Crippen molar-refractivity contribution in [2.75, 3.05) is 0 Å². The van der Waals surface area contributed by atoms with Crippen LogP contribution in [0, 0.1) is 15.9 Å². The van der Waals surface area contributed by atoms with E-state index in [4.69, 9.17) is 10.8 Å². The predicted octanol–water partition coefficient (Wildman–Crippen LogP) is 0.818. The summed E-state index contributed by atoms with van der Waals surface area (Å²) in [6, 6.07) is 0.961.